The molecule has 6 heteroatoms. The van der Waals surface area contributed by atoms with Gasteiger partial charge in [0.2, 0.25) is 0 Å². The fraction of sp³-hybridized carbons (Fsp3) is 0.625. The number of likely N-dealkylation sites (N-methyl/N-ethyl adjacent to an activating group) is 1. The lowest BCUT2D eigenvalue weighted by Gasteiger charge is -2.30. The Hall–Kier alpha value is -1.05. The van der Waals surface area contributed by atoms with Crippen LogP contribution in [0.25, 0.3) is 0 Å². The lowest BCUT2D eigenvalue weighted by Crippen LogP contribution is -2.44. The predicted octanol–water partition coefficient (Wildman–Crippen LogP) is 0.484. The van der Waals surface area contributed by atoms with Crippen LogP contribution < -0.4 is 0 Å². The quantitative estimate of drug-likeness (QED) is 0.767. The van der Waals surface area contributed by atoms with Gasteiger partial charge in [-0.15, -0.1) is 0 Å². The Kier molecular flexibility index (Phi) is 6.72. The first-order valence-corrected chi connectivity index (χ1v) is 7.65. The molecular formula is C16H25FN2O3. The summed E-state index contributed by atoms with van der Waals surface area (Å²) in [5, 5.41) is 20.2. The number of nitrogens with zero attached hydrogens (tertiary/aromatic N) is 2. The molecule has 124 valence electrons. The minimum Gasteiger partial charge on any atom is -0.390 e. The second kappa shape index (κ2) is 8.55. The third-order valence-electron chi connectivity index (χ3n) is 3.84. The summed E-state index contributed by atoms with van der Waals surface area (Å²) in [7, 11) is 1.81. The Balaban J connectivity index is 1.76. The van der Waals surface area contributed by atoms with E-state index in [0.717, 1.165) is 13.1 Å². The van der Waals surface area contributed by atoms with Crippen LogP contribution in [0, 0.1) is 5.82 Å². The Morgan fingerprint density at radius 2 is 1.91 bits per heavy atom. The summed E-state index contributed by atoms with van der Waals surface area (Å²) in [4.78, 5) is 3.98. The summed E-state index contributed by atoms with van der Waals surface area (Å²) in [6.45, 7) is 4.37. The van der Waals surface area contributed by atoms with Gasteiger partial charge in [-0.2, -0.15) is 0 Å². The van der Waals surface area contributed by atoms with Crippen molar-refractivity contribution in [2.75, 3.05) is 53.0 Å². The maximum atomic E-state index is 13.6. The van der Waals surface area contributed by atoms with Crippen molar-refractivity contribution in [3.63, 3.8) is 0 Å². The zero-order chi connectivity index (χ0) is 15.9. The smallest absolute Gasteiger partial charge is 0.129 e. The van der Waals surface area contributed by atoms with E-state index in [4.69, 9.17) is 4.74 Å². The normalized spacial score (nSPS) is 19.3. The van der Waals surface area contributed by atoms with Gasteiger partial charge in [-0.1, -0.05) is 18.2 Å². The number of aliphatic hydroxyl groups is 2. The highest BCUT2D eigenvalue weighted by atomic mass is 19.1. The largest absolute Gasteiger partial charge is 0.390 e. The second-order valence-electron chi connectivity index (χ2n) is 5.83. The van der Waals surface area contributed by atoms with E-state index in [2.05, 4.69) is 4.90 Å². The van der Waals surface area contributed by atoms with Gasteiger partial charge < -0.3 is 19.8 Å². The number of halogens is 1. The van der Waals surface area contributed by atoms with Crippen molar-refractivity contribution in [1.82, 2.24) is 9.80 Å². The van der Waals surface area contributed by atoms with E-state index in [1.165, 1.54) is 6.07 Å². The van der Waals surface area contributed by atoms with Gasteiger partial charge in [0.15, 0.2) is 0 Å². The molecular weight excluding hydrogens is 287 g/mol. The molecule has 0 bridgehead atoms. The molecule has 2 atom stereocenters. The molecule has 1 fully saturated rings. The van der Waals surface area contributed by atoms with E-state index in [0.29, 0.717) is 26.3 Å². The van der Waals surface area contributed by atoms with Crippen molar-refractivity contribution in [3.05, 3.63) is 35.6 Å². The zero-order valence-electron chi connectivity index (χ0n) is 13.0. The van der Waals surface area contributed by atoms with Gasteiger partial charge >= 0.3 is 0 Å². The van der Waals surface area contributed by atoms with Crippen LogP contribution in [0.4, 0.5) is 4.39 Å². The van der Waals surface area contributed by atoms with Gasteiger partial charge in [0.05, 0.1) is 25.4 Å². The third-order valence-corrected chi connectivity index (χ3v) is 3.84. The summed E-state index contributed by atoms with van der Waals surface area (Å²) in [5.74, 6) is -0.405. The van der Waals surface area contributed by atoms with Crippen molar-refractivity contribution in [2.45, 2.75) is 12.2 Å². The summed E-state index contributed by atoms with van der Waals surface area (Å²) in [5.41, 5.74) is 0.289. The minimum atomic E-state index is -0.901. The van der Waals surface area contributed by atoms with Gasteiger partial charge in [0, 0.05) is 38.3 Å². The SMILES string of the molecule is CN(CC(O)CN1CCOCC1)CC(O)c1ccccc1F. The lowest BCUT2D eigenvalue weighted by molar-refractivity contribution is 0.00556. The molecule has 2 rings (SSSR count). The highest BCUT2D eigenvalue weighted by molar-refractivity contribution is 5.19. The average molecular weight is 312 g/mol. The fourth-order valence-electron chi connectivity index (χ4n) is 2.71. The van der Waals surface area contributed by atoms with Gasteiger partial charge in [0.1, 0.15) is 5.82 Å². The number of hydrogen-bond donors (Lipinski definition) is 2. The molecule has 1 aliphatic rings. The van der Waals surface area contributed by atoms with Crippen LogP contribution in [0.1, 0.15) is 11.7 Å². The number of ether oxygens (including phenoxy) is 1. The van der Waals surface area contributed by atoms with Crippen molar-refractivity contribution >= 4 is 0 Å². The Bertz CT molecular complexity index is 455. The molecule has 2 unspecified atom stereocenters. The van der Waals surface area contributed by atoms with Crippen LogP contribution in [0.3, 0.4) is 0 Å². The molecule has 1 aromatic rings. The highest BCUT2D eigenvalue weighted by Gasteiger charge is 2.19. The maximum absolute atomic E-state index is 13.6. The van der Waals surface area contributed by atoms with E-state index in [1.54, 1.807) is 18.2 Å². The topological polar surface area (TPSA) is 56.2 Å². The molecule has 1 saturated heterocycles. The van der Waals surface area contributed by atoms with E-state index < -0.39 is 18.0 Å². The predicted molar refractivity (Wildman–Crippen MR) is 82.1 cm³/mol. The first-order chi connectivity index (χ1) is 10.6. The van der Waals surface area contributed by atoms with Gasteiger partial charge in [-0.25, -0.2) is 4.39 Å². The van der Waals surface area contributed by atoms with Crippen LogP contribution in [0.5, 0.6) is 0 Å². The van der Waals surface area contributed by atoms with E-state index in [-0.39, 0.29) is 12.1 Å². The monoisotopic (exact) mass is 312 g/mol. The molecule has 1 aliphatic heterocycles. The summed E-state index contributed by atoms with van der Waals surface area (Å²) in [6, 6.07) is 6.22. The van der Waals surface area contributed by atoms with Crippen LogP contribution in [0.2, 0.25) is 0 Å². The van der Waals surface area contributed by atoms with Crippen molar-refractivity contribution < 1.29 is 19.3 Å². The summed E-state index contributed by atoms with van der Waals surface area (Å²) in [6.07, 6.45) is -1.40. The zero-order valence-corrected chi connectivity index (χ0v) is 13.0. The Labute approximate surface area is 130 Å². The van der Waals surface area contributed by atoms with Crippen LogP contribution in [0.15, 0.2) is 24.3 Å². The highest BCUT2D eigenvalue weighted by Crippen LogP contribution is 2.17. The Morgan fingerprint density at radius 3 is 2.59 bits per heavy atom. The molecule has 5 nitrogen and oxygen atoms in total. The molecule has 0 spiro atoms. The molecule has 0 radical (unpaired) electrons. The first kappa shape index (κ1) is 17.3. The summed E-state index contributed by atoms with van der Waals surface area (Å²) < 4.78 is 18.9. The number of β-amino-alcohol motifs (C(OH)–C–C–N with tert-alkyl or cyclic N) is 1. The Morgan fingerprint density at radius 1 is 1.23 bits per heavy atom. The molecule has 22 heavy (non-hydrogen) atoms. The number of morpholine rings is 1. The van der Waals surface area contributed by atoms with Crippen molar-refractivity contribution in [1.29, 1.82) is 0 Å². The second-order valence-corrected chi connectivity index (χ2v) is 5.83. The maximum Gasteiger partial charge on any atom is 0.129 e. The number of aliphatic hydroxyl groups excluding tert-OH is 2. The number of benzene rings is 1. The van der Waals surface area contributed by atoms with Crippen molar-refractivity contribution in [3.8, 4) is 0 Å². The van der Waals surface area contributed by atoms with Gasteiger partial charge in [-0.3, -0.25) is 4.90 Å². The van der Waals surface area contributed by atoms with Crippen LogP contribution >= 0.6 is 0 Å². The fourth-order valence-corrected chi connectivity index (χ4v) is 2.71. The summed E-state index contributed by atoms with van der Waals surface area (Å²) >= 11 is 0. The molecule has 0 aliphatic carbocycles. The van der Waals surface area contributed by atoms with Crippen LogP contribution in [-0.4, -0.2) is 79.1 Å². The molecule has 0 amide bonds. The molecule has 0 aromatic heterocycles. The van der Waals surface area contributed by atoms with E-state index in [9.17, 15) is 14.6 Å². The third kappa shape index (κ3) is 5.30. The minimum absolute atomic E-state index is 0.279. The van der Waals surface area contributed by atoms with E-state index >= 15 is 0 Å². The lowest BCUT2D eigenvalue weighted by atomic mass is 10.1. The molecule has 1 heterocycles. The first-order valence-electron chi connectivity index (χ1n) is 7.65. The number of rotatable bonds is 7. The standard InChI is InChI=1S/C16H25FN2O3/c1-18(10-13(20)11-19-6-8-22-9-7-19)12-16(21)14-4-2-3-5-15(14)17/h2-5,13,16,20-21H,6-12H2,1H3. The van der Waals surface area contributed by atoms with Crippen LogP contribution in [-0.2, 0) is 4.74 Å². The van der Waals surface area contributed by atoms with Gasteiger partial charge in [0.25, 0.3) is 0 Å². The molecule has 2 N–H and O–H groups in total. The van der Waals surface area contributed by atoms with Gasteiger partial charge in [-0.05, 0) is 13.1 Å². The molecule has 0 saturated carbocycles. The van der Waals surface area contributed by atoms with Crippen molar-refractivity contribution in [2.24, 2.45) is 0 Å². The molecule has 1 aromatic carbocycles. The average Bonchev–Trinajstić information content (AvgIpc) is 2.48. The van der Waals surface area contributed by atoms with E-state index in [1.807, 2.05) is 11.9 Å². The number of hydrogen-bond acceptors (Lipinski definition) is 5.